The standard InChI is InChI=1S/C13H15N3O3/c1-3-18-10-6-4-5-9(14)12(10)13(17)15-11-7-8(2)16-19-11/h4-7H,3,14H2,1-2H3,(H,15,17). The summed E-state index contributed by atoms with van der Waals surface area (Å²) in [4.78, 5) is 12.2. The van der Waals surface area contributed by atoms with Gasteiger partial charge in [0.2, 0.25) is 5.88 Å². The quantitative estimate of drug-likeness (QED) is 0.823. The number of anilines is 2. The zero-order chi connectivity index (χ0) is 13.8. The van der Waals surface area contributed by atoms with Crippen LogP contribution >= 0.6 is 0 Å². The number of amides is 1. The van der Waals surface area contributed by atoms with E-state index in [2.05, 4.69) is 10.5 Å². The Morgan fingerprint density at radius 3 is 2.95 bits per heavy atom. The van der Waals surface area contributed by atoms with Gasteiger partial charge in [-0.3, -0.25) is 10.1 Å². The molecule has 0 spiro atoms. The number of aromatic nitrogens is 1. The Hall–Kier alpha value is -2.50. The Labute approximate surface area is 110 Å². The maximum atomic E-state index is 12.2. The van der Waals surface area contributed by atoms with Gasteiger partial charge in [-0.15, -0.1) is 0 Å². The molecule has 0 unspecified atom stereocenters. The average molecular weight is 261 g/mol. The SMILES string of the molecule is CCOc1cccc(N)c1C(=O)Nc1cc(C)no1. The minimum absolute atomic E-state index is 0.271. The molecule has 0 bridgehead atoms. The lowest BCUT2D eigenvalue weighted by atomic mass is 10.1. The Balaban J connectivity index is 2.27. The van der Waals surface area contributed by atoms with Crippen molar-refractivity contribution in [2.45, 2.75) is 13.8 Å². The number of nitrogens with two attached hydrogens (primary N) is 1. The topological polar surface area (TPSA) is 90.4 Å². The molecule has 0 fully saturated rings. The first-order valence-corrected chi connectivity index (χ1v) is 5.87. The maximum Gasteiger partial charge on any atom is 0.263 e. The maximum absolute atomic E-state index is 12.2. The molecule has 1 heterocycles. The number of nitrogens with zero attached hydrogens (tertiary/aromatic N) is 1. The molecule has 2 aromatic rings. The van der Waals surface area contributed by atoms with Crippen LogP contribution in [0.1, 0.15) is 23.0 Å². The third-order valence-corrected chi connectivity index (χ3v) is 2.45. The first kappa shape index (κ1) is 12.9. The van der Waals surface area contributed by atoms with Gasteiger partial charge in [0, 0.05) is 11.8 Å². The van der Waals surface area contributed by atoms with E-state index in [1.807, 2.05) is 6.92 Å². The molecule has 1 aromatic heterocycles. The molecule has 0 aliphatic rings. The number of rotatable bonds is 4. The van der Waals surface area contributed by atoms with Gasteiger partial charge in [-0.05, 0) is 26.0 Å². The van der Waals surface area contributed by atoms with Crippen molar-refractivity contribution in [1.82, 2.24) is 5.16 Å². The highest BCUT2D eigenvalue weighted by molar-refractivity contribution is 6.09. The predicted octanol–water partition coefficient (Wildman–Crippen LogP) is 2.22. The highest BCUT2D eigenvalue weighted by Crippen LogP contribution is 2.25. The number of aryl methyl sites for hydroxylation is 1. The third kappa shape index (κ3) is 2.85. The van der Waals surface area contributed by atoms with Gasteiger partial charge in [-0.2, -0.15) is 0 Å². The molecule has 0 saturated heterocycles. The van der Waals surface area contributed by atoms with E-state index in [4.69, 9.17) is 15.0 Å². The Bertz CT molecular complexity index is 593. The van der Waals surface area contributed by atoms with Crippen LogP contribution in [-0.4, -0.2) is 17.7 Å². The second-order valence-corrected chi connectivity index (χ2v) is 3.94. The summed E-state index contributed by atoms with van der Waals surface area (Å²) in [5, 5.41) is 6.28. The molecule has 6 nitrogen and oxygen atoms in total. The first-order chi connectivity index (χ1) is 9.11. The van der Waals surface area contributed by atoms with Gasteiger partial charge in [-0.25, -0.2) is 0 Å². The van der Waals surface area contributed by atoms with Crippen molar-refractivity contribution in [1.29, 1.82) is 0 Å². The molecule has 1 amide bonds. The number of nitrogens with one attached hydrogen (secondary N) is 1. The van der Waals surface area contributed by atoms with Crippen molar-refractivity contribution in [3.8, 4) is 5.75 Å². The lowest BCUT2D eigenvalue weighted by molar-refractivity contribution is 0.102. The van der Waals surface area contributed by atoms with Crippen LogP contribution in [0.3, 0.4) is 0 Å². The van der Waals surface area contributed by atoms with Crippen LogP contribution in [0, 0.1) is 6.92 Å². The number of hydrogen-bond donors (Lipinski definition) is 2. The summed E-state index contributed by atoms with van der Waals surface area (Å²) in [5.41, 5.74) is 7.14. The zero-order valence-electron chi connectivity index (χ0n) is 10.8. The van der Waals surface area contributed by atoms with Crippen molar-refractivity contribution in [3.05, 3.63) is 35.5 Å². The third-order valence-electron chi connectivity index (χ3n) is 2.45. The first-order valence-electron chi connectivity index (χ1n) is 5.87. The van der Waals surface area contributed by atoms with Crippen LogP contribution in [0.5, 0.6) is 5.75 Å². The van der Waals surface area contributed by atoms with E-state index in [1.165, 1.54) is 0 Å². The van der Waals surface area contributed by atoms with Crippen LogP contribution in [0.2, 0.25) is 0 Å². The Morgan fingerprint density at radius 2 is 2.32 bits per heavy atom. The fourth-order valence-corrected chi connectivity index (χ4v) is 1.66. The minimum atomic E-state index is -0.391. The van der Waals surface area contributed by atoms with Gasteiger partial charge in [0.05, 0.1) is 12.3 Å². The van der Waals surface area contributed by atoms with E-state index in [1.54, 1.807) is 31.2 Å². The summed E-state index contributed by atoms with van der Waals surface area (Å²) < 4.78 is 10.3. The van der Waals surface area contributed by atoms with Crippen molar-refractivity contribution in [2.24, 2.45) is 0 Å². The second-order valence-electron chi connectivity index (χ2n) is 3.94. The molecule has 19 heavy (non-hydrogen) atoms. The predicted molar refractivity (Wildman–Crippen MR) is 71.2 cm³/mol. The van der Waals surface area contributed by atoms with Gasteiger partial charge < -0.3 is 15.0 Å². The molecule has 100 valence electrons. The minimum Gasteiger partial charge on any atom is -0.493 e. The zero-order valence-corrected chi connectivity index (χ0v) is 10.8. The van der Waals surface area contributed by atoms with E-state index in [-0.39, 0.29) is 5.88 Å². The number of benzene rings is 1. The fourth-order valence-electron chi connectivity index (χ4n) is 1.66. The molecular formula is C13H15N3O3. The lowest BCUT2D eigenvalue weighted by Gasteiger charge is -2.11. The van der Waals surface area contributed by atoms with Gasteiger partial charge in [0.25, 0.3) is 5.91 Å². The average Bonchev–Trinajstić information content (AvgIpc) is 2.75. The van der Waals surface area contributed by atoms with Crippen LogP contribution in [0.15, 0.2) is 28.8 Å². The van der Waals surface area contributed by atoms with Crippen molar-refractivity contribution in [3.63, 3.8) is 0 Å². The number of carbonyl (C=O) groups is 1. The van der Waals surface area contributed by atoms with Crippen molar-refractivity contribution < 1.29 is 14.1 Å². The second kappa shape index (κ2) is 5.43. The highest BCUT2D eigenvalue weighted by atomic mass is 16.5. The Morgan fingerprint density at radius 1 is 1.53 bits per heavy atom. The van der Waals surface area contributed by atoms with Crippen molar-refractivity contribution >= 4 is 17.5 Å². The smallest absolute Gasteiger partial charge is 0.263 e. The molecule has 3 N–H and O–H groups in total. The van der Waals surface area contributed by atoms with Gasteiger partial charge in [0.1, 0.15) is 11.3 Å². The Kier molecular flexibility index (Phi) is 3.70. The van der Waals surface area contributed by atoms with Gasteiger partial charge in [-0.1, -0.05) is 11.2 Å². The van der Waals surface area contributed by atoms with Gasteiger partial charge in [0.15, 0.2) is 0 Å². The van der Waals surface area contributed by atoms with Crippen LogP contribution < -0.4 is 15.8 Å². The normalized spacial score (nSPS) is 10.2. The molecule has 0 aliphatic heterocycles. The largest absolute Gasteiger partial charge is 0.493 e. The molecule has 0 atom stereocenters. The summed E-state index contributed by atoms with van der Waals surface area (Å²) in [7, 11) is 0. The molecule has 0 saturated carbocycles. The molecule has 0 aliphatic carbocycles. The monoisotopic (exact) mass is 261 g/mol. The summed E-state index contributed by atoms with van der Waals surface area (Å²) in [6.07, 6.45) is 0. The molecule has 6 heteroatoms. The summed E-state index contributed by atoms with van der Waals surface area (Å²) >= 11 is 0. The molecular weight excluding hydrogens is 246 g/mol. The van der Waals surface area contributed by atoms with Gasteiger partial charge >= 0.3 is 0 Å². The van der Waals surface area contributed by atoms with Crippen LogP contribution in [0.4, 0.5) is 11.6 Å². The van der Waals surface area contributed by atoms with Crippen LogP contribution in [-0.2, 0) is 0 Å². The van der Waals surface area contributed by atoms with E-state index >= 15 is 0 Å². The van der Waals surface area contributed by atoms with E-state index in [0.29, 0.717) is 29.3 Å². The molecule has 1 aromatic carbocycles. The molecule has 2 rings (SSSR count). The summed E-state index contributed by atoms with van der Waals surface area (Å²) in [6, 6.07) is 6.69. The number of carbonyl (C=O) groups excluding carboxylic acids is 1. The molecule has 0 radical (unpaired) electrons. The number of hydrogen-bond acceptors (Lipinski definition) is 5. The van der Waals surface area contributed by atoms with E-state index in [0.717, 1.165) is 0 Å². The van der Waals surface area contributed by atoms with E-state index < -0.39 is 5.91 Å². The van der Waals surface area contributed by atoms with E-state index in [9.17, 15) is 4.79 Å². The highest BCUT2D eigenvalue weighted by Gasteiger charge is 2.17. The lowest BCUT2D eigenvalue weighted by Crippen LogP contribution is -2.15. The fraction of sp³-hybridized carbons (Fsp3) is 0.231. The number of nitrogen functional groups attached to an aromatic ring is 1. The summed E-state index contributed by atoms with van der Waals surface area (Å²) in [5.74, 6) is 0.321. The summed E-state index contributed by atoms with van der Waals surface area (Å²) in [6.45, 7) is 4.05. The van der Waals surface area contributed by atoms with Crippen molar-refractivity contribution in [2.75, 3.05) is 17.7 Å². The van der Waals surface area contributed by atoms with Crippen LogP contribution in [0.25, 0.3) is 0 Å². The number of ether oxygens (including phenoxy) is 1.